The maximum atomic E-state index is 12.6. The van der Waals surface area contributed by atoms with E-state index < -0.39 is 6.10 Å². The SMILES string of the molecule is CNC(=O)c1ccc(C=CC(=O)NCc2cccn2-c2ccc(Cl)c(C(C)Oc3cccc4c(C)c(C)oc34)c2Cl)cc1. The van der Waals surface area contributed by atoms with Crippen LogP contribution in [-0.4, -0.2) is 23.4 Å². The molecular formula is C34H31Cl2N3O4. The van der Waals surface area contributed by atoms with Gasteiger partial charge in [-0.2, -0.15) is 0 Å². The number of ether oxygens (including phenoxy) is 1. The van der Waals surface area contributed by atoms with Crippen LogP contribution in [-0.2, 0) is 11.3 Å². The number of benzene rings is 3. The second-order valence-electron chi connectivity index (χ2n) is 10.1. The van der Waals surface area contributed by atoms with Crippen LogP contribution in [0.25, 0.3) is 22.7 Å². The summed E-state index contributed by atoms with van der Waals surface area (Å²) in [6.45, 7) is 6.12. The lowest BCUT2D eigenvalue weighted by Gasteiger charge is -2.21. The van der Waals surface area contributed by atoms with Gasteiger partial charge in [0, 0.05) is 46.6 Å². The van der Waals surface area contributed by atoms with Gasteiger partial charge in [-0.3, -0.25) is 9.59 Å². The van der Waals surface area contributed by atoms with Crippen molar-refractivity contribution in [3.63, 3.8) is 0 Å². The largest absolute Gasteiger partial charge is 0.482 e. The lowest BCUT2D eigenvalue weighted by molar-refractivity contribution is -0.116. The first-order chi connectivity index (χ1) is 20.7. The fourth-order valence-corrected chi connectivity index (χ4v) is 5.66. The Bertz CT molecular complexity index is 1840. The fourth-order valence-electron chi connectivity index (χ4n) is 4.89. The van der Waals surface area contributed by atoms with Crippen LogP contribution in [0.15, 0.2) is 83.4 Å². The number of nitrogens with zero attached hydrogens (tertiary/aromatic N) is 1. The van der Waals surface area contributed by atoms with E-state index in [1.807, 2.05) is 67.9 Å². The first-order valence-electron chi connectivity index (χ1n) is 13.8. The van der Waals surface area contributed by atoms with Crippen LogP contribution in [0.2, 0.25) is 10.0 Å². The third kappa shape index (κ3) is 6.33. The molecule has 2 amide bonds. The lowest BCUT2D eigenvalue weighted by Crippen LogP contribution is -2.22. The molecule has 43 heavy (non-hydrogen) atoms. The van der Waals surface area contributed by atoms with Crippen molar-refractivity contribution in [1.29, 1.82) is 0 Å². The number of amides is 2. The number of halogens is 2. The van der Waals surface area contributed by atoms with Crippen molar-refractivity contribution in [2.45, 2.75) is 33.4 Å². The summed E-state index contributed by atoms with van der Waals surface area (Å²) >= 11 is 13.6. The number of para-hydroxylation sites is 1. The number of hydrogen-bond acceptors (Lipinski definition) is 4. The molecule has 3 aromatic carbocycles. The molecule has 0 radical (unpaired) electrons. The number of fused-ring (bicyclic) bond motifs is 1. The summed E-state index contributed by atoms with van der Waals surface area (Å²) in [6.07, 6.45) is 4.55. The van der Waals surface area contributed by atoms with Crippen molar-refractivity contribution in [2.24, 2.45) is 0 Å². The Balaban J connectivity index is 1.31. The van der Waals surface area contributed by atoms with Gasteiger partial charge in [-0.05, 0) is 80.4 Å². The molecule has 0 bridgehead atoms. The highest BCUT2D eigenvalue weighted by molar-refractivity contribution is 6.37. The maximum absolute atomic E-state index is 12.6. The molecule has 0 aliphatic heterocycles. The van der Waals surface area contributed by atoms with Gasteiger partial charge >= 0.3 is 0 Å². The predicted molar refractivity (Wildman–Crippen MR) is 171 cm³/mol. The van der Waals surface area contributed by atoms with E-state index in [2.05, 4.69) is 10.6 Å². The zero-order chi connectivity index (χ0) is 30.7. The number of hydrogen-bond donors (Lipinski definition) is 2. The van der Waals surface area contributed by atoms with Crippen molar-refractivity contribution in [2.75, 3.05) is 7.05 Å². The van der Waals surface area contributed by atoms with E-state index in [0.29, 0.717) is 38.2 Å². The Hall–Kier alpha value is -4.46. The molecule has 0 saturated carbocycles. The van der Waals surface area contributed by atoms with Gasteiger partial charge in [-0.25, -0.2) is 0 Å². The summed E-state index contributed by atoms with van der Waals surface area (Å²) in [5.74, 6) is 1.03. The van der Waals surface area contributed by atoms with Crippen LogP contribution in [0.3, 0.4) is 0 Å². The molecule has 2 aromatic heterocycles. The molecular weight excluding hydrogens is 585 g/mol. The van der Waals surface area contributed by atoms with Crippen LogP contribution >= 0.6 is 23.2 Å². The minimum atomic E-state index is -0.481. The van der Waals surface area contributed by atoms with E-state index in [1.54, 1.807) is 43.5 Å². The van der Waals surface area contributed by atoms with Gasteiger partial charge in [0.15, 0.2) is 11.3 Å². The van der Waals surface area contributed by atoms with Crippen LogP contribution in [0.4, 0.5) is 0 Å². The van der Waals surface area contributed by atoms with Crippen molar-refractivity contribution in [1.82, 2.24) is 15.2 Å². The highest BCUT2D eigenvalue weighted by Gasteiger charge is 2.22. The van der Waals surface area contributed by atoms with Crippen molar-refractivity contribution in [3.8, 4) is 11.4 Å². The molecule has 5 aromatic rings. The van der Waals surface area contributed by atoms with E-state index in [9.17, 15) is 9.59 Å². The van der Waals surface area contributed by atoms with E-state index in [-0.39, 0.29) is 18.4 Å². The summed E-state index contributed by atoms with van der Waals surface area (Å²) in [6, 6.07) is 20.2. The monoisotopic (exact) mass is 615 g/mol. The molecule has 0 saturated heterocycles. The van der Waals surface area contributed by atoms with Gasteiger partial charge < -0.3 is 24.4 Å². The average molecular weight is 617 g/mol. The van der Waals surface area contributed by atoms with Crippen LogP contribution < -0.4 is 15.4 Å². The number of furan rings is 1. The molecule has 220 valence electrons. The summed E-state index contributed by atoms with van der Waals surface area (Å²) in [5.41, 5.74) is 5.29. The fraction of sp³-hybridized carbons (Fsp3) is 0.176. The maximum Gasteiger partial charge on any atom is 0.251 e. The van der Waals surface area contributed by atoms with Crippen molar-refractivity contribution < 1.29 is 18.7 Å². The van der Waals surface area contributed by atoms with E-state index in [4.69, 9.17) is 32.4 Å². The van der Waals surface area contributed by atoms with Gasteiger partial charge in [0.2, 0.25) is 5.91 Å². The Morgan fingerprint density at radius 2 is 1.79 bits per heavy atom. The topological polar surface area (TPSA) is 85.5 Å². The van der Waals surface area contributed by atoms with E-state index in [1.165, 1.54) is 6.08 Å². The lowest BCUT2D eigenvalue weighted by atomic mass is 10.1. The van der Waals surface area contributed by atoms with E-state index >= 15 is 0 Å². The smallest absolute Gasteiger partial charge is 0.251 e. The minimum absolute atomic E-state index is 0.164. The zero-order valence-electron chi connectivity index (χ0n) is 24.2. The molecule has 7 nitrogen and oxygen atoms in total. The standard InChI is InChI=1S/C34H31Cl2N3O4/c1-20-21(2)43-33-26(20)8-5-9-29(33)42-22(3)31-27(35)15-16-28(32(31)36)39-18-6-7-25(39)19-38-30(40)17-12-23-10-13-24(14-11-23)34(41)37-4/h5-18,22H,19H2,1-4H3,(H,37,41)(H,38,40). The molecule has 2 N–H and O–H groups in total. The molecule has 5 rings (SSSR count). The second kappa shape index (κ2) is 12.8. The average Bonchev–Trinajstić information content (AvgIpc) is 3.59. The Morgan fingerprint density at radius 1 is 1.02 bits per heavy atom. The van der Waals surface area contributed by atoms with Crippen LogP contribution in [0.5, 0.6) is 5.75 Å². The molecule has 0 spiro atoms. The molecule has 9 heteroatoms. The van der Waals surface area contributed by atoms with Gasteiger partial charge in [0.1, 0.15) is 11.9 Å². The number of aromatic nitrogens is 1. The molecule has 0 aliphatic rings. The number of rotatable bonds is 9. The van der Waals surface area contributed by atoms with Crippen molar-refractivity contribution in [3.05, 3.63) is 123 Å². The molecule has 0 aliphatic carbocycles. The third-order valence-corrected chi connectivity index (χ3v) is 8.07. The zero-order valence-corrected chi connectivity index (χ0v) is 25.7. The number of aryl methyl sites for hydroxylation is 2. The normalized spacial score (nSPS) is 12.0. The minimum Gasteiger partial charge on any atom is -0.482 e. The quantitative estimate of drug-likeness (QED) is 0.165. The van der Waals surface area contributed by atoms with Gasteiger partial charge in [0.05, 0.1) is 17.3 Å². The van der Waals surface area contributed by atoms with Crippen LogP contribution in [0, 0.1) is 13.8 Å². The summed E-state index contributed by atoms with van der Waals surface area (Å²) < 4.78 is 14.3. The molecule has 1 atom stereocenters. The summed E-state index contributed by atoms with van der Waals surface area (Å²) in [4.78, 5) is 24.3. The highest BCUT2D eigenvalue weighted by atomic mass is 35.5. The van der Waals surface area contributed by atoms with Gasteiger partial charge in [-0.1, -0.05) is 47.5 Å². The first kappa shape index (κ1) is 30.0. The second-order valence-corrected chi connectivity index (χ2v) is 10.9. The number of nitrogens with one attached hydrogen (secondary N) is 2. The van der Waals surface area contributed by atoms with Gasteiger partial charge in [0.25, 0.3) is 5.91 Å². The highest BCUT2D eigenvalue weighted by Crippen LogP contribution is 2.40. The Labute approximate surface area is 260 Å². The Morgan fingerprint density at radius 3 is 2.53 bits per heavy atom. The summed E-state index contributed by atoms with van der Waals surface area (Å²) in [5, 5.41) is 7.43. The number of carbonyl (C=O) groups excluding carboxylic acids is 2. The molecule has 2 heterocycles. The third-order valence-electron chi connectivity index (χ3n) is 7.35. The van der Waals surface area contributed by atoms with Crippen LogP contribution in [0.1, 0.15) is 51.5 Å². The summed E-state index contributed by atoms with van der Waals surface area (Å²) in [7, 11) is 1.58. The van der Waals surface area contributed by atoms with Gasteiger partial charge in [-0.15, -0.1) is 0 Å². The number of carbonyl (C=O) groups is 2. The molecule has 0 fully saturated rings. The molecule has 1 unspecified atom stereocenters. The predicted octanol–water partition coefficient (Wildman–Crippen LogP) is 7.98. The van der Waals surface area contributed by atoms with Crippen molar-refractivity contribution >= 4 is 52.1 Å². The van der Waals surface area contributed by atoms with E-state index in [0.717, 1.165) is 28.0 Å². The Kier molecular flexibility index (Phi) is 8.94. The first-order valence-corrected chi connectivity index (χ1v) is 14.5.